The third kappa shape index (κ3) is 3.95. The van der Waals surface area contributed by atoms with E-state index < -0.39 is 0 Å². The number of hydrogen-bond acceptors (Lipinski definition) is 4. The number of rotatable bonds is 6. The van der Waals surface area contributed by atoms with E-state index in [-0.39, 0.29) is 11.7 Å². The zero-order chi connectivity index (χ0) is 21.1. The molecule has 0 saturated carbocycles. The van der Waals surface area contributed by atoms with Gasteiger partial charge in [0.25, 0.3) is 0 Å². The van der Waals surface area contributed by atoms with E-state index in [1.54, 1.807) is 16.2 Å². The van der Waals surface area contributed by atoms with Crippen molar-refractivity contribution in [3.63, 3.8) is 0 Å². The molecule has 0 radical (unpaired) electrons. The first-order valence-corrected chi connectivity index (χ1v) is 10.6. The van der Waals surface area contributed by atoms with Crippen molar-refractivity contribution in [3.8, 4) is 11.4 Å². The van der Waals surface area contributed by atoms with E-state index in [0.29, 0.717) is 0 Å². The third-order valence-corrected chi connectivity index (χ3v) is 6.08. The van der Waals surface area contributed by atoms with Crippen LogP contribution >= 0.6 is 0 Å². The lowest BCUT2D eigenvalue weighted by atomic mass is 10.2. The Balaban J connectivity index is 1.42. The molecule has 1 atom stereocenters. The minimum Gasteiger partial charge on any atom is -0.497 e. The Hall–Kier alpha value is -3.15. The van der Waals surface area contributed by atoms with Crippen molar-refractivity contribution in [2.45, 2.75) is 26.3 Å². The van der Waals surface area contributed by atoms with Gasteiger partial charge >= 0.3 is 5.69 Å². The second kappa shape index (κ2) is 8.69. The van der Waals surface area contributed by atoms with Gasteiger partial charge in [-0.15, -0.1) is 0 Å². The minimum atomic E-state index is 0.0187. The van der Waals surface area contributed by atoms with Crippen molar-refractivity contribution < 1.29 is 4.74 Å². The summed E-state index contributed by atoms with van der Waals surface area (Å²) in [6.07, 6.45) is 4.67. The van der Waals surface area contributed by atoms with Crippen molar-refractivity contribution in [1.29, 1.82) is 0 Å². The Bertz CT molecular complexity index is 1010. The highest BCUT2D eigenvalue weighted by Gasteiger charge is 2.18. The topological polar surface area (TPSA) is 42.6 Å². The van der Waals surface area contributed by atoms with Gasteiger partial charge in [-0.2, -0.15) is 0 Å². The van der Waals surface area contributed by atoms with Crippen LogP contribution in [0.25, 0.3) is 5.69 Å². The van der Waals surface area contributed by atoms with E-state index >= 15 is 0 Å². The Morgan fingerprint density at radius 3 is 1.83 bits per heavy atom. The molecule has 0 N–H and O–H groups in total. The maximum Gasteiger partial charge on any atom is 0.332 e. The number of anilines is 2. The second-order valence-electron chi connectivity index (χ2n) is 7.80. The van der Waals surface area contributed by atoms with Gasteiger partial charge in [0.1, 0.15) is 5.75 Å². The smallest absolute Gasteiger partial charge is 0.332 e. The van der Waals surface area contributed by atoms with Crippen LogP contribution in [0.15, 0.2) is 65.7 Å². The number of hydrogen-bond donors (Lipinski definition) is 0. The summed E-state index contributed by atoms with van der Waals surface area (Å²) >= 11 is 0. The van der Waals surface area contributed by atoms with E-state index in [1.165, 1.54) is 11.4 Å². The maximum atomic E-state index is 12.7. The molecule has 0 spiro atoms. The van der Waals surface area contributed by atoms with E-state index in [9.17, 15) is 4.79 Å². The molecule has 1 unspecified atom stereocenters. The summed E-state index contributed by atoms with van der Waals surface area (Å²) < 4.78 is 8.77. The largest absolute Gasteiger partial charge is 0.497 e. The lowest BCUT2D eigenvalue weighted by molar-refractivity contribution is 0.415. The van der Waals surface area contributed by atoms with Crippen LogP contribution in [0.5, 0.6) is 5.75 Å². The van der Waals surface area contributed by atoms with Crippen LogP contribution in [0, 0.1) is 0 Å². The van der Waals surface area contributed by atoms with Crippen LogP contribution in [-0.4, -0.2) is 42.4 Å². The van der Waals surface area contributed by atoms with Crippen LogP contribution in [0.4, 0.5) is 11.4 Å². The molecular weight excluding hydrogens is 376 g/mol. The Labute approximate surface area is 177 Å². The highest BCUT2D eigenvalue weighted by atomic mass is 16.5. The van der Waals surface area contributed by atoms with Gasteiger partial charge in [0.2, 0.25) is 0 Å². The molecule has 6 heteroatoms. The summed E-state index contributed by atoms with van der Waals surface area (Å²) in [6.45, 7) is 8.06. The fourth-order valence-electron chi connectivity index (χ4n) is 3.96. The summed E-state index contributed by atoms with van der Waals surface area (Å²) in [7, 11) is 1.69. The molecule has 1 aliphatic heterocycles. The first-order chi connectivity index (χ1) is 14.6. The molecule has 3 aromatic rings. The summed E-state index contributed by atoms with van der Waals surface area (Å²) in [5.74, 6) is 0.885. The number of ether oxygens (including phenoxy) is 1. The molecule has 30 heavy (non-hydrogen) atoms. The fraction of sp³-hybridized carbons (Fsp3) is 0.375. The zero-order valence-electron chi connectivity index (χ0n) is 18.0. The predicted octanol–water partition coefficient (Wildman–Crippen LogP) is 3.95. The molecule has 2 heterocycles. The van der Waals surface area contributed by atoms with Crippen molar-refractivity contribution >= 4 is 11.4 Å². The van der Waals surface area contributed by atoms with E-state index in [4.69, 9.17) is 4.74 Å². The molecule has 1 aliphatic rings. The molecule has 0 aliphatic carbocycles. The molecule has 0 bridgehead atoms. The molecular formula is C24H30N4O2. The highest BCUT2D eigenvalue weighted by Crippen LogP contribution is 2.23. The molecule has 1 aromatic heterocycles. The van der Waals surface area contributed by atoms with Crippen molar-refractivity contribution in [1.82, 2.24) is 9.13 Å². The molecule has 6 nitrogen and oxygen atoms in total. The maximum absolute atomic E-state index is 12.7. The standard InChI is InChI=1S/C24H30N4O2/c1-4-19(2)27-17-18-28(24(27)29)22-7-5-20(6-8-22)25-13-15-26(16-14-25)21-9-11-23(30-3)12-10-21/h5-12,17-19H,4,13-16H2,1-3H3. The molecule has 2 aromatic carbocycles. The first-order valence-electron chi connectivity index (χ1n) is 10.6. The van der Waals surface area contributed by atoms with Crippen LogP contribution in [0.3, 0.4) is 0 Å². The van der Waals surface area contributed by atoms with Gasteiger partial charge in [0.05, 0.1) is 12.8 Å². The monoisotopic (exact) mass is 406 g/mol. The number of aromatic nitrogens is 2. The summed E-state index contributed by atoms with van der Waals surface area (Å²) in [5, 5.41) is 0. The lowest BCUT2D eigenvalue weighted by Gasteiger charge is -2.37. The number of imidazole rings is 1. The number of methoxy groups -OCH3 is 1. The van der Waals surface area contributed by atoms with Gasteiger partial charge in [-0.1, -0.05) is 6.92 Å². The van der Waals surface area contributed by atoms with Crippen molar-refractivity contribution in [2.24, 2.45) is 0 Å². The second-order valence-corrected chi connectivity index (χ2v) is 7.80. The minimum absolute atomic E-state index is 0.0187. The van der Waals surface area contributed by atoms with E-state index in [0.717, 1.165) is 44.0 Å². The quantitative estimate of drug-likeness (QED) is 0.622. The van der Waals surface area contributed by atoms with Gasteiger partial charge in [-0.05, 0) is 61.9 Å². The van der Waals surface area contributed by atoms with Gasteiger partial charge in [0.15, 0.2) is 0 Å². The van der Waals surface area contributed by atoms with Crippen molar-refractivity contribution in [2.75, 3.05) is 43.1 Å². The van der Waals surface area contributed by atoms with Crippen LogP contribution < -0.4 is 20.2 Å². The Morgan fingerprint density at radius 1 is 0.833 bits per heavy atom. The molecule has 1 fully saturated rings. The predicted molar refractivity (Wildman–Crippen MR) is 122 cm³/mol. The van der Waals surface area contributed by atoms with Gasteiger partial charge in [-0.25, -0.2) is 4.79 Å². The SMILES string of the molecule is CCC(C)n1ccn(-c2ccc(N3CCN(c4ccc(OC)cc4)CC3)cc2)c1=O. The number of piperazine rings is 1. The van der Waals surface area contributed by atoms with Crippen LogP contribution in [-0.2, 0) is 0 Å². The Morgan fingerprint density at radius 2 is 1.33 bits per heavy atom. The third-order valence-electron chi connectivity index (χ3n) is 6.08. The van der Waals surface area contributed by atoms with Gasteiger partial charge < -0.3 is 14.5 Å². The normalized spacial score (nSPS) is 15.3. The van der Waals surface area contributed by atoms with E-state index in [1.807, 2.05) is 36.7 Å². The van der Waals surface area contributed by atoms with Crippen molar-refractivity contribution in [3.05, 3.63) is 71.4 Å². The number of benzene rings is 2. The average Bonchev–Trinajstić information content (AvgIpc) is 3.20. The summed E-state index contributed by atoms with van der Waals surface area (Å²) in [4.78, 5) is 17.5. The molecule has 0 amide bonds. The highest BCUT2D eigenvalue weighted by molar-refractivity contribution is 5.54. The lowest BCUT2D eigenvalue weighted by Crippen LogP contribution is -2.46. The summed E-state index contributed by atoms with van der Waals surface area (Å²) in [6, 6.07) is 16.8. The first kappa shape index (κ1) is 20.1. The average molecular weight is 407 g/mol. The molecule has 4 rings (SSSR count). The molecule has 1 saturated heterocycles. The van der Waals surface area contributed by atoms with Crippen LogP contribution in [0.1, 0.15) is 26.3 Å². The Kier molecular flexibility index (Phi) is 5.84. The van der Waals surface area contributed by atoms with Crippen LogP contribution in [0.2, 0.25) is 0 Å². The van der Waals surface area contributed by atoms with Gasteiger partial charge in [-0.3, -0.25) is 9.13 Å². The zero-order valence-corrected chi connectivity index (χ0v) is 18.0. The fourth-order valence-corrected chi connectivity index (χ4v) is 3.96. The number of nitrogens with zero attached hydrogens (tertiary/aromatic N) is 4. The van der Waals surface area contributed by atoms with E-state index in [2.05, 4.69) is 47.9 Å². The molecule has 158 valence electrons. The summed E-state index contributed by atoms with van der Waals surface area (Å²) in [5.41, 5.74) is 3.35. The van der Waals surface area contributed by atoms with Gasteiger partial charge in [0, 0.05) is 56.0 Å².